The van der Waals surface area contributed by atoms with Gasteiger partial charge in [0.15, 0.2) is 5.78 Å². The third-order valence-electron chi connectivity index (χ3n) is 2.07. The van der Waals surface area contributed by atoms with Gasteiger partial charge in [-0.1, -0.05) is 12.1 Å². The number of hydrogen-bond acceptors (Lipinski definition) is 3. The summed E-state index contributed by atoms with van der Waals surface area (Å²) in [7, 11) is 3.98. The van der Waals surface area contributed by atoms with Gasteiger partial charge in [-0.3, -0.25) is 4.79 Å². The smallest absolute Gasteiger partial charge is 0.165 e. The zero-order valence-corrected chi connectivity index (χ0v) is 10.1. The number of rotatable bonds is 3. The predicted octanol–water partition coefficient (Wildman–Crippen LogP) is 2.61. The van der Waals surface area contributed by atoms with Gasteiger partial charge in [0.1, 0.15) is 0 Å². The number of hydrogen-bond donors (Lipinski definition) is 1. The number of anilines is 1. The Morgan fingerprint density at radius 2 is 1.80 bits per heavy atom. The van der Waals surface area contributed by atoms with Crippen molar-refractivity contribution in [3.8, 4) is 0 Å². The third kappa shape index (κ3) is 3.44. The van der Waals surface area contributed by atoms with Crippen LogP contribution in [0.15, 0.2) is 29.2 Å². The molecule has 0 heterocycles. The standard InChI is InChI=1S/C12H15NOS/c1-9(14)12(15)8-10-4-6-11(7-5-10)13(2)3/h4-8,15H,1-3H3/b12-8+. The molecule has 0 saturated carbocycles. The van der Waals surface area contributed by atoms with Crippen LogP contribution < -0.4 is 4.90 Å². The maximum Gasteiger partial charge on any atom is 0.165 e. The Balaban J connectivity index is 2.90. The van der Waals surface area contributed by atoms with E-state index in [9.17, 15) is 4.79 Å². The Morgan fingerprint density at radius 3 is 2.20 bits per heavy atom. The monoisotopic (exact) mass is 221 g/mol. The van der Waals surface area contributed by atoms with E-state index in [-0.39, 0.29) is 5.78 Å². The van der Waals surface area contributed by atoms with Gasteiger partial charge in [-0.15, -0.1) is 12.6 Å². The number of benzene rings is 1. The van der Waals surface area contributed by atoms with Crippen LogP contribution >= 0.6 is 12.6 Å². The Hall–Kier alpha value is -1.22. The summed E-state index contributed by atoms with van der Waals surface area (Å²) in [4.78, 5) is 13.5. The Bertz CT molecular complexity index is 379. The highest BCUT2D eigenvalue weighted by Crippen LogP contribution is 2.15. The molecular weight excluding hydrogens is 206 g/mol. The molecular formula is C12H15NOS. The zero-order chi connectivity index (χ0) is 11.4. The average molecular weight is 221 g/mol. The van der Waals surface area contributed by atoms with Crippen molar-refractivity contribution in [1.29, 1.82) is 0 Å². The highest BCUT2D eigenvalue weighted by atomic mass is 32.1. The van der Waals surface area contributed by atoms with Crippen molar-refractivity contribution in [1.82, 2.24) is 0 Å². The number of carbonyl (C=O) groups is 1. The maximum atomic E-state index is 11.0. The molecule has 0 fully saturated rings. The van der Waals surface area contributed by atoms with Gasteiger partial charge in [0.25, 0.3) is 0 Å². The van der Waals surface area contributed by atoms with Crippen LogP contribution in [-0.4, -0.2) is 19.9 Å². The molecule has 0 atom stereocenters. The van der Waals surface area contributed by atoms with Crippen molar-refractivity contribution in [2.45, 2.75) is 6.92 Å². The van der Waals surface area contributed by atoms with Crippen molar-refractivity contribution in [3.05, 3.63) is 34.7 Å². The molecule has 15 heavy (non-hydrogen) atoms. The molecule has 0 spiro atoms. The molecule has 80 valence electrons. The van der Waals surface area contributed by atoms with E-state index < -0.39 is 0 Å². The van der Waals surface area contributed by atoms with Crippen LogP contribution in [-0.2, 0) is 4.79 Å². The van der Waals surface area contributed by atoms with E-state index in [2.05, 4.69) is 12.6 Å². The predicted molar refractivity (Wildman–Crippen MR) is 68.4 cm³/mol. The molecule has 0 aromatic heterocycles. The lowest BCUT2D eigenvalue weighted by Crippen LogP contribution is -2.07. The van der Waals surface area contributed by atoms with Gasteiger partial charge in [-0.05, 0) is 30.7 Å². The molecule has 0 amide bonds. The second-order valence-electron chi connectivity index (χ2n) is 3.57. The molecule has 0 radical (unpaired) electrons. The molecule has 0 aliphatic rings. The molecule has 0 aliphatic heterocycles. The van der Waals surface area contributed by atoms with Crippen LogP contribution in [0.25, 0.3) is 6.08 Å². The van der Waals surface area contributed by atoms with E-state index in [4.69, 9.17) is 0 Å². The summed E-state index contributed by atoms with van der Waals surface area (Å²) in [5, 5.41) is 0. The molecule has 1 aromatic carbocycles. The lowest BCUT2D eigenvalue weighted by molar-refractivity contribution is -0.112. The first-order valence-corrected chi connectivity index (χ1v) is 5.14. The molecule has 2 nitrogen and oxygen atoms in total. The van der Waals surface area contributed by atoms with E-state index in [0.29, 0.717) is 4.91 Å². The number of Topliss-reactive ketones (excluding diaryl/α,β-unsaturated/α-hetero) is 1. The number of ketones is 1. The molecule has 1 rings (SSSR count). The average Bonchev–Trinajstić information content (AvgIpc) is 2.18. The van der Waals surface area contributed by atoms with Crippen LogP contribution in [0.2, 0.25) is 0 Å². The maximum absolute atomic E-state index is 11.0. The molecule has 0 saturated heterocycles. The number of nitrogens with zero attached hydrogens (tertiary/aromatic N) is 1. The normalized spacial score (nSPS) is 11.3. The summed E-state index contributed by atoms with van der Waals surface area (Å²) in [5.41, 5.74) is 2.12. The molecule has 3 heteroatoms. The van der Waals surface area contributed by atoms with Gasteiger partial charge < -0.3 is 4.90 Å². The van der Waals surface area contributed by atoms with E-state index in [1.807, 2.05) is 43.3 Å². The highest BCUT2D eigenvalue weighted by molar-refractivity contribution is 7.85. The first kappa shape index (κ1) is 11.9. The fourth-order valence-electron chi connectivity index (χ4n) is 1.13. The SMILES string of the molecule is CC(=O)/C(S)=C\c1ccc(N(C)C)cc1. The topological polar surface area (TPSA) is 20.3 Å². The van der Waals surface area contributed by atoms with Gasteiger partial charge in [-0.25, -0.2) is 0 Å². The summed E-state index contributed by atoms with van der Waals surface area (Å²) >= 11 is 4.10. The minimum atomic E-state index is -0.0185. The summed E-state index contributed by atoms with van der Waals surface area (Å²) in [6.07, 6.45) is 1.77. The lowest BCUT2D eigenvalue weighted by atomic mass is 10.1. The van der Waals surface area contributed by atoms with E-state index in [1.165, 1.54) is 6.92 Å². The van der Waals surface area contributed by atoms with Crippen LogP contribution in [0, 0.1) is 0 Å². The molecule has 0 bridgehead atoms. The first-order valence-electron chi connectivity index (χ1n) is 4.69. The van der Waals surface area contributed by atoms with Crippen molar-refractivity contribution >= 4 is 30.2 Å². The van der Waals surface area contributed by atoms with Crippen molar-refractivity contribution in [2.24, 2.45) is 0 Å². The molecule has 0 aliphatic carbocycles. The minimum absolute atomic E-state index is 0.0185. The lowest BCUT2D eigenvalue weighted by Gasteiger charge is -2.11. The minimum Gasteiger partial charge on any atom is -0.378 e. The van der Waals surface area contributed by atoms with Gasteiger partial charge in [-0.2, -0.15) is 0 Å². The number of carbonyl (C=O) groups excluding carboxylic acids is 1. The zero-order valence-electron chi connectivity index (χ0n) is 9.19. The summed E-state index contributed by atoms with van der Waals surface area (Å²) in [6.45, 7) is 1.51. The van der Waals surface area contributed by atoms with Crippen LogP contribution in [0.4, 0.5) is 5.69 Å². The van der Waals surface area contributed by atoms with Gasteiger partial charge in [0, 0.05) is 24.7 Å². The van der Waals surface area contributed by atoms with Crippen LogP contribution in [0.5, 0.6) is 0 Å². The molecule has 1 aromatic rings. The Morgan fingerprint density at radius 1 is 1.27 bits per heavy atom. The Kier molecular flexibility index (Phi) is 3.97. The summed E-state index contributed by atoms with van der Waals surface area (Å²) in [5.74, 6) is -0.0185. The van der Waals surface area contributed by atoms with E-state index >= 15 is 0 Å². The number of thiol groups is 1. The summed E-state index contributed by atoms with van der Waals surface area (Å²) in [6, 6.07) is 7.95. The fraction of sp³-hybridized carbons (Fsp3) is 0.250. The van der Waals surface area contributed by atoms with Gasteiger partial charge in [0.05, 0.1) is 0 Å². The van der Waals surface area contributed by atoms with Crippen molar-refractivity contribution in [3.63, 3.8) is 0 Å². The van der Waals surface area contributed by atoms with Crippen molar-refractivity contribution < 1.29 is 4.79 Å². The second-order valence-corrected chi connectivity index (χ2v) is 4.05. The fourth-order valence-corrected chi connectivity index (χ4v) is 1.28. The molecule has 0 N–H and O–H groups in total. The quantitative estimate of drug-likeness (QED) is 0.625. The van der Waals surface area contributed by atoms with E-state index in [0.717, 1.165) is 11.3 Å². The highest BCUT2D eigenvalue weighted by Gasteiger charge is 1.98. The van der Waals surface area contributed by atoms with E-state index in [1.54, 1.807) is 6.08 Å². The van der Waals surface area contributed by atoms with Gasteiger partial charge in [0.2, 0.25) is 0 Å². The number of allylic oxidation sites excluding steroid dienone is 1. The first-order chi connectivity index (χ1) is 7.00. The van der Waals surface area contributed by atoms with Crippen LogP contribution in [0.3, 0.4) is 0 Å². The summed E-state index contributed by atoms with van der Waals surface area (Å²) < 4.78 is 0. The Labute approximate surface area is 96.0 Å². The molecule has 0 unspecified atom stereocenters. The van der Waals surface area contributed by atoms with Gasteiger partial charge >= 0.3 is 0 Å². The van der Waals surface area contributed by atoms with Crippen LogP contribution in [0.1, 0.15) is 12.5 Å². The largest absolute Gasteiger partial charge is 0.378 e. The second kappa shape index (κ2) is 5.03. The third-order valence-corrected chi connectivity index (χ3v) is 2.52. The van der Waals surface area contributed by atoms with Crippen molar-refractivity contribution in [2.75, 3.05) is 19.0 Å².